The zero-order valence-electron chi connectivity index (χ0n) is 22.1. The van der Waals surface area contributed by atoms with Gasteiger partial charge in [0.2, 0.25) is 0 Å². The van der Waals surface area contributed by atoms with E-state index in [1.807, 2.05) is 13.8 Å². The molecule has 0 atom stereocenters. The molecule has 0 aliphatic carbocycles. The van der Waals surface area contributed by atoms with Gasteiger partial charge in [-0.3, -0.25) is 4.57 Å². The van der Waals surface area contributed by atoms with Crippen LogP contribution in [-0.4, -0.2) is 19.8 Å². The van der Waals surface area contributed by atoms with Crippen LogP contribution in [0, 0.1) is 0 Å². The molecule has 0 aromatic rings. The summed E-state index contributed by atoms with van der Waals surface area (Å²) in [5.41, 5.74) is 3.89. The Hall–Kier alpha value is 0.0700. The highest BCUT2D eigenvalue weighted by Crippen LogP contribution is 2.38. The maximum atomic E-state index is 11.0. The summed E-state index contributed by atoms with van der Waals surface area (Å²) in [6.45, 7) is 7.81. The van der Waals surface area contributed by atoms with E-state index in [9.17, 15) is 9.46 Å². The van der Waals surface area contributed by atoms with Crippen LogP contribution in [0.1, 0.15) is 149 Å². The summed E-state index contributed by atoms with van der Waals surface area (Å²) >= 11 is 0. The van der Waals surface area contributed by atoms with E-state index in [0.717, 1.165) is 32.2 Å². The number of unbranched alkanes of at least 4 members (excludes halogenated alkanes) is 17. The zero-order chi connectivity index (χ0) is 24.2. The van der Waals surface area contributed by atoms with Crippen molar-refractivity contribution in [1.29, 1.82) is 0 Å². The van der Waals surface area contributed by atoms with E-state index in [-0.39, 0.29) is 13.2 Å². The van der Waals surface area contributed by atoms with Gasteiger partial charge in [0.15, 0.2) is 0 Å². The second-order valence-electron chi connectivity index (χ2n) is 8.98. The Morgan fingerprint density at radius 1 is 0.531 bits per heavy atom. The highest BCUT2D eigenvalue weighted by molar-refractivity contribution is 7.45. The van der Waals surface area contributed by atoms with Gasteiger partial charge in [-0.05, 0) is 25.7 Å². The Bertz CT molecular complexity index is 353. The van der Waals surface area contributed by atoms with Crippen LogP contribution in [0.25, 0.3) is 0 Å². The zero-order valence-corrected chi connectivity index (χ0v) is 22.9. The maximum absolute atomic E-state index is 11.0. The molecule has 0 unspecified atom stereocenters. The third kappa shape index (κ3) is 32.3. The first kappa shape index (κ1) is 34.2. The van der Waals surface area contributed by atoms with E-state index in [2.05, 4.69) is 21.7 Å². The molecule has 196 valence electrons. The van der Waals surface area contributed by atoms with Gasteiger partial charge in [0, 0.05) is 0 Å². The minimum atomic E-state index is -4.00. The van der Waals surface area contributed by atoms with Crippen LogP contribution < -0.4 is 10.6 Å². The fraction of sp³-hybridized carbons (Fsp3) is 1.00. The van der Waals surface area contributed by atoms with Crippen molar-refractivity contribution in [3.63, 3.8) is 0 Å². The molecule has 0 spiro atoms. The fourth-order valence-electron chi connectivity index (χ4n) is 3.40. The molecule has 5 nitrogen and oxygen atoms in total. The molecule has 0 aromatic carbocycles. The van der Waals surface area contributed by atoms with E-state index in [0.29, 0.717) is 0 Å². The van der Waals surface area contributed by atoms with Crippen molar-refractivity contribution in [1.82, 2.24) is 0 Å². The van der Waals surface area contributed by atoms with Gasteiger partial charge in [-0.1, -0.05) is 124 Å². The van der Waals surface area contributed by atoms with Gasteiger partial charge in [0.1, 0.15) is 0 Å². The second kappa shape index (κ2) is 29.1. The first-order valence-corrected chi connectivity index (χ1v) is 15.4. The summed E-state index contributed by atoms with van der Waals surface area (Å²) in [6, 6.07) is 0. The minimum Gasteiger partial charge on any atom is -0.756 e. The Balaban J connectivity index is 0. The van der Waals surface area contributed by atoms with Crippen LogP contribution in [0.5, 0.6) is 0 Å². The minimum absolute atomic E-state index is 0.226. The lowest BCUT2D eigenvalue weighted by atomic mass is 10.0. The van der Waals surface area contributed by atoms with Crippen LogP contribution in [0.3, 0.4) is 0 Å². The molecule has 0 saturated carbocycles. The summed E-state index contributed by atoms with van der Waals surface area (Å²) in [4.78, 5) is 11.0. The lowest BCUT2D eigenvalue weighted by Crippen LogP contribution is -2.50. The van der Waals surface area contributed by atoms with E-state index >= 15 is 0 Å². The van der Waals surface area contributed by atoms with Gasteiger partial charge < -0.3 is 19.7 Å². The van der Waals surface area contributed by atoms with Crippen molar-refractivity contribution in [2.75, 3.05) is 19.8 Å². The molecule has 0 heterocycles. The average molecular weight is 480 g/mol. The monoisotopic (exact) mass is 479 g/mol. The van der Waals surface area contributed by atoms with E-state index in [4.69, 9.17) is 0 Å². The molecule has 3 N–H and O–H groups in total. The van der Waals surface area contributed by atoms with Crippen LogP contribution in [-0.2, 0) is 13.6 Å². The Labute approximate surface area is 201 Å². The predicted octanol–water partition coefficient (Wildman–Crippen LogP) is 7.58. The average Bonchev–Trinajstić information content (AvgIpc) is 2.77. The molecule has 32 heavy (non-hydrogen) atoms. The molecule has 0 radical (unpaired) electrons. The standard InChI is InChI=1S/C18H39N.C8H19O4P/c1-2-3-4-5-6-7-8-9-10-11-12-13-14-15-16-17-18-19;1-3-5-7-11-13(9,10)12-8-6-4-2/h2-19H2,1H3;3-8H2,1-2H3,(H,9,10). The number of rotatable bonds is 24. The van der Waals surface area contributed by atoms with E-state index in [1.165, 1.54) is 103 Å². The van der Waals surface area contributed by atoms with E-state index < -0.39 is 7.82 Å². The van der Waals surface area contributed by atoms with Crippen molar-refractivity contribution in [2.45, 2.75) is 149 Å². The molecule has 6 heteroatoms. The smallest absolute Gasteiger partial charge is 0.267 e. The Kier molecular flexibility index (Phi) is 31.1. The van der Waals surface area contributed by atoms with Crippen molar-refractivity contribution in [3.05, 3.63) is 0 Å². The molecule has 0 rings (SSSR count). The SMILES string of the molecule is CCCCCCCCCCCCCCCCCC[NH3+].CCCCOP(=O)([O-])OCCCC. The van der Waals surface area contributed by atoms with Crippen LogP contribution in [0.15, 0.2) is 0 Å². The maximum Gasteiger partial charge on any atom is 0.267 e. The topological polar surface area (TPSA) is 86.2 Å². The molecular weight excluding hydrogens is 421 g/mol. The van der Waals surface area contributed by atoms with Crippen molar-refractivity contribution >= 4 is 7.82 Å². The molecule has 0 aromatic heterocycles. The Morgan fingerprint density at radius 2 is 0.812 bits per heavy atom. The van der Waals surface area contributed by atoms with Crippen LogP contribution in [0.4, 0.5) is 0 Å². The molecule has 0 aliphatic rings. The summed E-state index contributed by atoms with van der Waals surface area (Å²) in [5.74, 6) is 0. The molecule has 0 saturated heterocycles. The largest absolute Gasteiger partial charge is 0.756 e. The molecule has 0 bridgehead atoms. The molecule has 0 aliphatic heterocycles. The summed E-state index contributed by atoms with van der Waals surface area (Å²) in [5, 5.41) is 0. The highest BCUT2D eigenvalue weighted by atomic mass is 31.2. The highest BCUT2D eigenvalue weighted by Gasteiger charge is 2.07. The lowest BCUT2D eigenvalue weighted by Gasteiger charge is -2.22. The van der Waals surface area contributed by atoms with Crippen LogP contribution >= 0.6 is 7.82 Å². The van der Waals surface area contributed by atoms with Gasteiger partial charge in [0.05, 0.1) is 19.8 Å². The number of phosphoric ester groups is 1. The normalized spacial score (nSPS) is 11.4. The number of hydrogen-bond donors (Lipinski definition) is 1. The lowest BCUT2D eigenvalue weighted by molar-refractivity contribution is -0.368. The Morgan fingerprint density at radius 3 is 1.09 bits per heavy atom. The van der Waals surface area contributed by atoms with Crippen molar-refractivity contribution < 1.29 is 24.2 Å². The van der Waals surface area contributed by atoms with Gasteiger partial charge in [-0.2, -0.15) is 0 Å². The molecular formula is C26H58NO4P. The first-order valence-electron chi connectivity index (χ1n) is 13.9. The van der Waals surface area contributed by atoms with Gasteiger partial charge in [-0.25, -0.2) is 0 Å². The van der Waals surface area contributed by atoms with Crippen LogP contribution in [0.2, 0.25) is 0 Å². The van der Waals surface area contributed by atoms with Gasteiger partial charge >= 0.3 is 0 Å². The second-order valence-corrected chi connectivity index (χ2v) is 10.4. The van der Waals surface area contributed by atoms with Gasteiger partial charge in [-0.15, -0.1) is 0 Å². The third-order valence-corrected chi connectivity index (χ3v) is 6.60. The van der Waals surface area contributed by atoms with Crippen molar-refractivity contribution in [3.8, 4) is 0 Å². The molecule has 0 fully saturated rings. The summed E-state index contributed by atoms with van der Waals surface area (Å²) in [6.07, 6.45) is 26.5. The first-order chi connectivity index (χ1) is 15.5. The quantitative estimate of drug-likeness (QED) is 0.114. The molecule has 0 amide bonds. The predicted molar refractivity (Wildman–Crippen MR) is 137 cm³/mol. The summed E-state index contributed by atoms with van der Waals surface area (Å²) < 4.78 is 20.2. The number of phosphoric acid groups is 1. The summed E-state index contributed by atoms with van der Waals surface area (Å²) in [7, 11) is -4.00. The van der Waals surface area contributed by atoms with Crippen molar-refractivity contribution in [2.24, 2.45) is 0 Å². The van der Waals surface area contributed by atoms with E-state index in [1.54, 1.807) is 0 Å². The number of quaternary nitrogens is 1. The van der Waals surface area contributed by atoms with Gasteiger partial charge in [0.25, 0.3) is 7.82 Å². The third-order valence-electron chi connectivity index (χ3n) is 5.60. The fourth-order valence-corrected chi connectivity index (χ4v) is 4.18. The number of hydrogen-bond acceptors (Lipinski definition) is 4.